The van der Waals surface area contributed by atoms with Crippen molar-refractivity contribution < 1.29 is 9.53 Å². The molecule has 0 radical (unpaired) electrons. The van der Waals surface area contributed by atoms with Crippen LogP contribution in [-0.2, 0) is 11.2 Å². The van der Waals surface area contributed by atoms with E-state index in [0.717, 1.165) is 16.7 Å². The van der Waals surface area contributed by atoms with E-state index in [4.69, 9.17) is 22.1 Å². The van der Waals surface area contributed by atoms with Crippen molar-refractivity contribution in [3.05, 3.63) is 46.4 Å². The Morgan fingerprint density at radius 2 is 2.35 bits per heavy atom. The van der Waals surface area contributed by atoms with E-state index in [9.17, 15) is 4.79 Å². The Morgan fingerprint density at radius 1 is 1.60 bits per heavy atom. The van der Waals surface area contributed by atoms with Gasteiger partial charge in [-0.3, -0.25) is 5.10 Å². The molecule has 3 N–H and O–H groups in total. The van der Waals surface area contributed by atoms with E-state index in [2.05, 4.69) is 16.8 Å². The van der Waals surface area contributed by atoms with Crippen LogP contribution in [0.25, 0.3) is 5.57 Å². The molecule has 2 rings (SSSR count). The van der Waals surface area contributed by atoms with Crippen LogP contribution in [0.4, 0.5) is 0 Å². The first kappa shape index (κ1) is 14.4. The third-order valence-electron chi connectivity index (χ3n) is 3.09. The Hall–Kier alpha value is -2.01. The SMILES string of the molecule is C=C(Cl)/C=C1\C(=C/N)CCc2c1n[nH]c2C(=O)OCC. The summed E-state index contributed by atoms with van der Waals surface area (Å²) in [7, 11) is 0. The number of nitrogens with two attached hydrogens (primary N) is 1. The van der Waals surface area contributed by atoms with Gasteiger partial charge in [-0.15, -0.1) is 0 Å². The Bertz CT molecular complexity index is 614. The number of nitrogens with zero attached hydrogens (tertiary/aromatic N) is 1. The molecular weight excluding hydrogens is 278 g/mol. The minimum absolute atomic E-state index is 0.321. The third kappa shape index (κ3) is 2.63. The summed E-state index contributed by atoms with van der Waals surface area (Å²) >= 11 is 5.85. The number of halogens is 1. The van der Waals surface area contributed by atoms with Crippen molar-refractivity contribution in [1.29, 1.82) is 0 Å². The quantitative estimate of drug-likeness (QED) is 0.839. The lowest BCUT2D eigenvalue weighted by Gasteiger charge is -2.17. The standard InChI is InChI=1S/C14H16ClN3O2/c1-3-20-14(19)13-10-5-4-9(7-16)11(6-8(2)15)12(10)17-18-13/h6-7H,2-5,16H2,1H3,(H,17,18)/b9-7-,11-6+. The zero-order valence-electron chi connectivity index (χ0n) is 11.2. The van der Waals surface area contributed by atoms with Crippen LogP contribution in [0.3, 0.4) is 0 Å². The second-order valence-corrected chi connectivity index (χ2v) is 4.83. The monoisotopic (exact) mass is 293 g/mol. The molecular formula is C14H16ClN3O2. The minimum atomic E-state index is -0.398. The van der Waals surface area contributed by atoms with E-state index in [1.165, 1.54) is 6.20 Å². The van der Waals surface area contributed by atoms with Gasteiger partial charge in [0.1, 0.15) is 5.69 Å². The molecule has 20 heavy (non-hydrogen) atoms. The van der Waals surface area contributed by atoms with Gasteiger partial charge in [0.05, 0.1) is 12.3 Å². The molecule has 0 aliphatic heterocycles. The highest BCUT2D eigenvalue weighted by atomic mass is 35.5. The molecule has 5 nitrogen and oxygen atoms in total. The number of esters is 1. The molecule has 0 unspecified atom stereocenters. The number of hydrogen-bond donors (Lipinski definition) is 2. The van der Waals surface area contributed by atoms with Gasteiger partial charge in [-0.2, -0.15) is 5.10 Å². The summed E-state index contributed by atoms with van der Waals surface area (Å²) in [6, 6.07) is 0. The van der Waals surface area contributed by atoms with Crippen molar-refractivity contribution in [3.8, 4) is 0 Å². The van der Waals surface area contributed by atoms with Gasteiger partial charge in [0.25, 0.3) is 0 Å². The lowest BCUT2D eigenvalue weighted by atomic mass is 9.87. The molecule has 6 heteroatoms. The molecule has 0 amide bonds. The zero-order valence-corrected chi connectivity index (χ0v) is 12.0. The lowest BCUT2D eigenvalue weighted by Crippen LogP contribution is -2.11. The largest absolute Gasteiger partial charge is 0.461 e. The number of hydrogen-bond acceptors (Lipinski definition) is 4. The fraction of sp³-hybridized carbons (Fsp3) is 0.286. The van der Waals surface area contributed by atoms with Crippen molar-refractivity contribution in [2.45, 2.75) is 19.8 Å². The molecule has 1 aromatic heterocycles. The number of aromatic amines is 1. The van der Waals surface area contributed by atoms with Crippen LogP contribution in [0.5, 0.6) is 0 Å². The third-order valence-corrected chi connectivity index (χ3v) is 3.20. The van der Waals surface area contributed by atoms with Gasteiger partial charge in [0.15, 0.2) is 0 Å². The predicted molar refractivity (Wildman–Crippen MR) is 78.1 cm³/mol. The van der Waals surface area contributed by atoms with Crippen LogP contribution in [0.2, 0.25) is 0 Å². The van der Waals surface area contributed by atoms with Gasteiger partial charge >= 0.3 is 5.97 Å². The van der Waals surface area contributed by atoms with Crippen LogP contribution in [0.1, 0.15) is 35.1 Å². The van der Waals surface area contributed by atoms with Gasteiger partial charge < -0.3 is 10.5 Å². The number of H-pyrrole nitrogens is 1. The Morgan fingerprint density at radius 3 is 2.95 bits per heavy atom. The molecule has 106 valence electrons. The number of aromatic nitrogens is 2. The number of carbonyl (C=O) groups is 1. The molecule has 1 aromatic rings. The van der Waals surface area contributed by atoms with E-state index in [1.54, 1.807) is 13.0 Å². The summed E-state index contributed by atoms with van der Waals surface area (Å²) in [6.07, 6.45) is 4.63. The Labute approximate surface area is 122 Å². The van der Waals surface area contributed by atoms with Crippen LogP contribution < -0.4 is 5.73 Å². The average molecular weight is 294 g/mol. The van der Waals surface area contributed by atoms with Crippen molar-refractivity contribution >= 4 is 23.1 Å². The number of allylic oxidation sites excluding steroid dienone is 4. The molecule has 0 saturated carbocycles. The highest BCUT2D eigenvalue weighted by Crippen LogP contribution is 2.35. The molecule has 0 saturated heterocycles. The maximum Gasteiger partial charge on any atom is 0.356 e. The Kier molecular flexibility index (Phi) is 4.29. The van der Waals surface area contributed by atoms with E-state index in [-0.39, 0.29) is 0 Å². The summed E-state index contributed by atoms with van der Waals surface area (Å²) < 4.78 is 5.01. The predicted octanol–water partition coefficient (Wildman–Crippen LogP) is 2.51. The fourth-order valence-electron chi connectivity index (χ4n) is 2.24. The molecule has 0 bridgehead atoms. The van der Waals surface area contributed by atoms with Crippen LogP contribution in [0.15, 0.2) is 29.5 Å². The molecule has 1 aliphatic rings. The second-order valence-electron chi connectivity index (χ2n) is 4.34. The maximum absolute atomic E-state index is 11.9. The second kappa shape index (κ2) is 5.96. The van der Waals surface area contributed by atoms with E-state index in [0.29, 0.717) is 35.9 Å². The first-order valence-electron chi connectivity index (χ1n) is 6.30. The fourth-order valence-corrected chi connectivity index (χ4v) is 2.35. The first-order valence-corrected chi connectivity index (χ1v) is 6.68. The molecule has 0 spiro atoms. The van der Waals surface area contributed by atoms with E-state index in [1.807, 2.05) is 0 Å². The molecule has 0 aromatic carbocycles. The summed E-state index contributed by atoms with van der Waals surface area (Å²) in [5.41, 5.74) is 9.26. The van der Waals surface area contributed by atoms with Crippen LogP contribution in [0, 0.1) is 0 Å². The average Bonchev–Trinajstić information content (AvgIpc) is 2.83. The van der Waals surface area contributed by atoms with Crippen molar-refractivity contribution in [2.75, 3.05) is 6.61 Å². The van der Waals surface area contributed by atoms with Crippen molar-refractivity contribution in [3.63, 3.8) is 0 Å². The number of rotatable bonds is 3. The summed E-state index contributed by atoms with van der Waals surface area (Å²) in [5.74, 6) is -0.398. The normalized spacial score (nSPS) is 18.1. The minimum Gasteiger partial charge on any atom is -0.461 e. The van der Waals surface area contributed by atoms with Gasteiger partial charge in [-0.1, -0.05) is 18.2 Å². The number of fused-ring (bicyclic) bond motifs is 1. The highest BCUT2D eigenvalue weighted by molar-refractivity contribution is 6.31. The molecule has 0 fully saturated rings. The smallest absolute Gasteiger partial charge is 0.356 e. The molecule has 1 aliphatic carbocycles. The van der Waals surface area contributed by atoms with Crippen LogP contribution in [-0.4, -0.2) is 22.8 Å². The van der Waals surface area contributed by atoms with Gasteiger partial charge in [0, 0.05) is 16.2 Å². The lowest BCUT2D eigenvalue weighted by molar-refractivity contribution is 0.0518. The zero-order chi connectivity index (χ0) is 14.7. The topological polar surface area (TPSA) is 81.0 Å². The van der Waals surface area contributed by atoms with Gasteiger partial charge in [0.2, 0.25) is 0 Å². The van der Waals surface area contributed by atoms with Crippen LogP contribution >= 0.6 is 11.6 Å². The van der Waals surface area contributed by atoms with E-state index < -0.39 is 5.97 Å². The van der Waals surface area contributed by atoms with E-state index >= 15 is 0 Å². The van der Waals surface area contributed by atoms with Crippen molar-refractivity contribution in [2.24, 2.45) is 5.73 Å². The summed E-state index contributed by atoms with van der Waals surface area (Å²) in [6.45, 7) is 5.74. The molecule has 1 heterocycles. The molecule has 0 atom stereocenters. The van der Waals surface area contributed by atoms with Gasteiger partial charge in [-0.25, -0.2) is 4.79 Å². The first-order chi connectivity index (χ1) is 9.58. The van der Waals surface area contributed by atoms with Crippen molar-refractivity contribution in [1.82, 2.24) is 10.2 Å². The number of nitrogens with one attached hydrogen (secondary N) is 1. The summed E-state index contributed by atoms with van der Waals surface area (Å²) in [5, 5.41) is 7.33. The maximum atomic E-state index is 11.9. The number of carbonyl (C=O) groups excluding carboxylic acids is 1. The van der Waals surface area contributed by atoms with Gasteiger partial charge in [-0.05, 0) is 37.6 Å². The number of ether oxygens (including phenoxy) is 1. The Balaban J connectivity index is 2.49. The highest BCUT2D eigenvalue weighted by Gasteiger charge is 2.27. The summed E-state index contributed by atoms with van der Waals surface area (Å²) in [4.78, 5) is 11.9.